The predicted octanol–water partition coefficient (Wildman–Crippen LogP) is 4.41. The van der Waals surface area contributed by atoms with E-state index in [-0.39, 0.29) is 16.9 Å². The zero-order valence-electron chi connectivity index (χ0n) is 12.9. The van der Waals surface area contributed by atoms with Crippen molar-refractivity contribution in [2.45, 2.75) is 57.2 Å². The third-order valence-corrected chi connectivity index (χ3v) is 9.25. The Balaban J connectivity index is 1.98. The second-order valence-corrected chi connectivity index (χ2v) is 12.3. The number of rotatable bonds is 2. The molecule has 1 aromatic heterocycles. The first-order valence-corrected chi connectivity index (χ1v) is 10.4. The fraction of sp³-hybridized carbons (Fsp3) is 0.733. The van der Waals surface area contributed by atoms with Crippen LogP contribution in [0.15, 0.2) is 14.1 Å². The maximum atomic E-state index is 13.0. The van der Waals surface area contributed by atoms with E-state index in [4.69, 9.17) is 0 Å². The van der Waals surface area contributed by atoms with E-state index in [0.717, 1.165) is 28.6 Å². The van der Waals surface area contributed by atoms with Gasteiger partial charge in [0.2, 0.25) is 0 Å². The lowest BCUT2D eigenvalue weighted by Gasteiger charge is -2.39. The van der Waals surface area contributed by atoms with Crippen molar-refractivity contribution in [1.82, 2.24) is 4.31 Å². The Morgan fingerprint density at radius 2 is 2.00 bits per heavy atom. The molecule has 1 aromatic rings. The SMILES string of the molecule is Cc1cc(S(=O)(=O)N2CC3(C)CC2CC(C)(C)C3)sc1Br. The van der Waals surface area contributed by atoms with Crippen molar-refractivity contribution in [2.24, 2.45) is 10.8 Å². The van der Waals surface area contributed by atoms with E-state index in [9.17, 15) is 8.42 Å². The van der Waals surface area contributed by atoms with Gasteiger partial charge in [0.1, 0.15) is 4.21 Å². The van der Waals surface area contributed by atoms with Crippen molar-refractivity contribution in [1.29, 1.82) is 0 Å². The molecule has 2 fully saturated rings. The molecule has 2 bridgehead atoms. The molecule has 0 N–H and O–H groups in total. The summed E-state index contributed by atoms with van der Waals surface area (Å²) in [5.74, 6) is 0. The van der Waals surface area contributed by atoms with Crippen molar-refractivity contribution >= 4 is 37.3 Å². The first-order chi connectivity index (χ1) is 9.52. The number of nitrogens with zero attached hydrogens (tertiary/aromatic N) is 1. The highest BCUT2D eigenvalue weighted by Crippen LogP contribution is 2.54. The van der Waals surface area contributed by atoms with Crippen molar-refractivity contribution in [3.05, 3.63) is 15.4 Å². The van der Waals surface area contributed by atoms with Crippen LogP contribution in [0.4, 0.5) is 0 Å². The van der Waals surface area contributed by atoms with Crippen molar-refractivity contribution in [3.63, 3.8) is 0 Å². The molecule has 0 spiro atoms. The van der Waals surface area contributed by atoms with Crippen molar-refractivity contribution in [2.75, 3.05) is 6.54 Å². The standard InChI is InChI=1S/C15H22BrNO2S2/c1-10-5-12(20-13(10)16)21(18,19)17-9-15(4)7-11(17)6-14(2,3)8-15/h5,11H,6-9H2,1-4H3. The Kier molecular flexibility index (Phi) is 3.64. The van der Waals surface area contributed by atoms with Crippen LogP contribution in [0.2, 0.25) is 0 Å². The molecule has 2 heterocycles. The Labute approximate surface area is 139 Å². The molecule has 0 aromatic carbocycles. The molecule has 6 heteroatoms. The van der Waals surface area contributed by atoms with Gasteiger partial charge >= 0.3 is 0 Å². The van der Waals surface area contributed by atoms with E-state index in [0.29, 0.717) is 10.8 Å². The minimum absolute atomic E-state index is 0.128. The van der Waals surface area contributed by atoms with Gasteiger partial charge in [-0.2, -0.15) is 4.31 Å². The largest absolute Gasteiger partial charge is 0.252 e. The van der Waals surface area contributed by atoms with Crippen LogP contribution in [-0.2, 0) is 10.0 Å². The topological polar surface area (TPSA) is 37.4 Å². The molecule has 1 saturated heterocycles. The lowest BCUT2D eigenvalue weighted by molar-refractivity contribution is 0.133. The Bertz CT molecular complexity index is 660. The molecule has 3 rings (SSSR count). The van der Waals surface area contributed by atoms with Crippen molar-refractivity contribution in [3.8, 4) is 0 Å². The van der Waals surface area contributed by atoms with E-state index in [2.05, 4.69) is 36.7 Å². The average molecular weight is 392 g/mol. The number of thiophene rings is 1. The molecule has 0 radical (unpaired) electrons. The number of aryl methyl sites for hydroxylation is 1. The molecule has 2 aliphatic rings. The zero-order chi connectivity index (χ0) is 15.6. The molecule has 2 unspecified atom stereocenters. The molecule has 0 amide bonds. The zero-order valence-corrected chi connectivity index (χ0v) is 16.2. The minimum atomic E-state index is -3.36. The maximum absolute atomic E-state index is 13.0. The van der Waals surface area contributed by atoms with Gasteiger partial charge in [0.05, 0.1) is 3.79 Å². The quantitative estimate of drug-likeness (QED) is 0.748. The van der Waals surface area contributed by atoms with Gasteiger partial charge in [-0.1, -0.05) is 20.8 Å². The van der Waals surface area contributed by atoms with Crippen LogP contribution in [0.3, 0.4) is 0 Å². The summed E-state index contributed by atoms with van der Waals surface area (Å²) in [4.78, 5) is 0. The minimum Gasteiger partial charge on any atom is -0.206 e. The summed E-state index contributed by atoms with van der Waals surface area (Å²) in [5, 5.41) is 0. The second-order valence-electron chi connectivity index (χ2n) is 7.79. The highest BCUT2D eigenvalue weighted by molar-refractivity contribution is 9.11. The van der Waals surface area contributed by atoms with Crippen LogP contribution in [-0.4, -0.2) is 25.3 Å². The number of hydrogen-bond acceptors (Lipinski definition) is 3. The summed E-state index contributed by atoms with van der Waals surface area (Å²) in [6.07, 6.45) is 3.07. The van der Waals surface area contributed by atoms with E-state index in [1.54, 1.807) is 10.4 Å². The Morgan fingerprint density at radius 3 is 2.57 bits per heavy atom. The van der Waals surface area contributed by atoms with Crippen molar-refractivity contribution < 1.29 is 8.42 Å². The Hall–Kier alpha value is 0.0900. The molecule has 118 valence electrons. The summed E-state index contributed by atoms with van der Waals surface area (Å²) in [5.41, 5.74) is 1.35. The van der Waals surface area contributed by atoms with Crippen LogP contribution < -0.4 is 0 Å². The number of hydrogen-bond donors (Lipinski definition) is 0. The van der Waals surface area contributed by atoms with Crippen LogP contribution >= 0.6 is 27.3 Å². The first-order valence-electron chi connectivity index (χ1n) is 7.30. The van der Waals surface area contributed by atoms with E-state index in [1.807, 2.05) is 6.92 Å². The fourth-order valence-electron chi connectivity index (χ4n) is 4.36. The smallest absolute Gasteiger partial charge is 0.206 e. The van der Waals surface area contributed by atoms with Gasteiger partial charge in [0, 0.05) is 12.6 Å². The molecule has 1 aliphatic carbocycles. The van der Waals surface area contributed by atoms with Crippen LogP contribution in [0, 0.1) is 17.8 Å². The molecular formula is C15H22BrNO2S2. The summed E-state index contributed by atoms with van der Waals surface area (Å²) in [6, 6.07) is 1.95. The summed E-state index contributed by atoms with van der Waals surface area (Å²) < 4.78 is 29.2. The molecule has 3 nitrogen and oxygen atoms in total. The average Bonchev–Trinajstić information content (AvgIpc) is 2.76. The maximum Gasteiger partial charge on any atom is 0.252 e. The summed E-state index contributed by atoms with van der Waals surface area (Å²) in [7, 11) is -3.36. The monoisotopic (exact) mass is 391 g/mol. The third kappa shape index (κ3) is 2.73. The highest BCUT2D eigenvalue weighted by atomic mass is 79.9. The normalized spacial score (nSPS) is 32.5. The van der Waals surface area contributed by atoms with Gasteiger partial charge in [0.25, 0.3) is 10.0 Å². The van der Waals surface area contributed by atoms with Gasteiger partial charge in [-0.3, -0.25) is 0 Å². The fourth-order valence-corrected chi connectivity index (χ4v) is 8.49. The van der Waals surface area contributed by atoms with Crippen LogP contribution in [0.5, 0.6) is 0 Å². The molecule has 1 saturated carbocycles. The number of sulfonamides is 1. The highest BCUT2D eigenvalue weighted by Gasteiger charge is 2.53. The summed E-state index contributed by atoms with van der Waals surface area (Å²) >= 11 is 4.77. The van der Waals surface area contributed by atoms with E-state index < -0.39 is 10.0 Å². The van der Waals surface area contributed by atoms with Gasteiger partial charge in [-0.25, -0.2) is 8.42 Å². The van der Waals surface area contributed by atoms with Crippen LogP contribution in [0.25, 0.3) is 0 Å². The molecule has 1 aliphatic heterocycles. The number of halogens is 1. The Morgan fingerprint density at radius 1 is 1.33 bits per heavy atom. The van der Waals surface area contributed by atoms with Gasteiger partial charge in [-0.15, -0.1) is 11.3 Å². The third-order valence-electron chi connectivity index (χ3n) is 4.76. The van der Waals surface area contributed by atoms with Gasteiger partial charge in [-0.05, 0) is 64.6 Å². The van der Waals surface area contributed by atoms with E-state index >= 15 is 0 Å². The number of fused-ring (bicyclic) bond motifs is 2. The molecular weight excluding hydrogens is 370 g/mol. The van der Waals surface area contributed by atoms with Gasteiger partial charge in [0.15, 0.2) is 0 Å². The van der Waals surface area contributed by atoms with Crippen LogP contribution in [0.1, 0.15) is 45.6 Å². The lowest BCUT2D eigenvalue weighted by atomic mass is 9.65. The van der Waals surface area contributed by atoms with Gasteiger partial charge < -0.3 is 0 Å². The second kappa shape index (κ2) is 4.79. The molecule has 21 heavy (non-hydrogen) atoms. The lowest BCUT2D eigenvalue weighted by Crippen LogP contribution is -2.37. The molecule has 2 atom stereocenters. The van der Waals surface area contributed by atoms with E-state index in [1.165, 1.54) is 11.3 Å². The predicted molar refractivity (Wildman–Crippen MR) is 90.2 cm³/mol. The first kappa shape index (κ1) is 16.0. The summed E-state index contributed by atoms with van der Waals surface area (Å²) in [6.45, 7) is 9.37.